The van der Waals surface area contributed by atoms with Crippen LogP contribution >= 0.6 is 11.6 Å². The Hall–Kier alpha value is -0.960. The van der Waals surface area contributed by atoms with Crippen molar-refractivity contribution in [1.29, 1.82) is 0 Å². The molecule has 1 saturated heterocycles. The summed E-state index contributed by atoms with van der Waals surface area (Å²) in [7, 11) is 0. The molecule has 0 bridgehead atoms. The molecule has 0 radical (unpaired) electrons. The van der Waals surface area contributed by atoms with Gasteiger partial charge in [-0.3, -0.25) is 0 Å². The summed E-state index contributed by atoms with van der Waals surface area (Å²) < 4.78 is 13.6. The van der Waals surface area contributed by atoms with Gasteiger partial charge in [0.1, 0.15) is 5.82 Å². The van der Waals surface area contributed by atoms with Crippen LogP contribution < -0.4 is 10.6 Å². The average Bonchev–Trinajstić information content (AvgIpc) is 2.42. The second-order valence-electron chi connectivity index (χ2n) is 5.86. The lowest BCUT2D eigenvalue weighted by atomic mass is 9.75. The highest BCUT2D eigenvalue weighted by Gasteiger charge is 2.31. The molecule has 104 valence electrons. The molecule has 0 aromatic heterocycles. The molecule has 2 atom stereocenters. The first-order valence-corrected chi connectivity index (χ1v) is 7.52. The zero-order valence-electron chi connectivity index (χ0n) is 11.0. The quantitative estimate of drug-likeness (QED) is 0.787. The molecule has 2 N–H and O–H groups in total. The summed E-state index contributed by atoms with van der Waals surface area (Å²) >= 11 is 5.76. The maximum Gasteiger partial charge on any atom is 0.144 e. The Morgan fingerprint density at radius 3 is 2.68 bits per heavy atom. The van der Waals surface area contributed by atoms with Crippen molar-refractivity contribution in [2.75, 3.05) is 23.7 Å². The third-order valence-electron chi connectivity index (χ3n) is 4.70. The minimum atomic E-state index is -0.378. The lowest BCUT2D eigenvalue weighted by molar-refractivity contribution is 0.202. The van der Waals surface area contributed by atoms with Gasteiger partial charge in [0.05, 0.1) is 16.4 Å². The van der Waals surface area contributed by atoms with Crippen LogP contribution in [0, 0.1) is 17.7 Å². The van der Waals surface area contributed by atoms with Gasteiger partial charge in [0.15, 0.2) is 0 Å². The maximum absolute atomic E-state index is 13.6. The maximum atomic E-state index is 13.6. The zero-order chi connectivity index (χ0) is 13.4. The number of nitrogens with two attached hydrogens (primary N) is 1. The number of benzene rings is 1. The molecular weight excluding hydrogens is 263 g/mol. The third-order valence-corrected chi connectivity index (χ3v) is 4.99. The molecule has 2 aliphatic rings. The van der Waals surface area contributed by atoms with Crippen LogP contribution in [0.4, 0.5) is 15.8 Å². The predicted molar refractivity (Wildman–Crippen MR) is 78.1 cm³/mol. The van der Waals surface area contributed by atoms with Gasteiger partial charge < -0.3 is 10.6 Å². The molecule has 1 heterocycles. The summed E-state index contributed by atoms with van der Waals surface area (Å²) in [6, 6.07) is 3.01. The first kappa shape index (κ1) is 13.0. The van der Waals surface area contributed by atoms with Crippen LogP contribution in [0.1, 0.15) is 32.1 Å². The van der Waals surface area contributed by atoms with E-state index >= 15 is 0 Å². The SMILES string of the molecule is Nc1cc(Cl)c(F)cc1N1CCC2CCCCC2C1. The van der Waals surface area contributed by atoms with Crippen LogP contribution in [-0.2, 0) is 0 Å². The number of anilines is 2. The summed E-state index contributed by atoms with van der Waals surface area (Å²) in [6.07, 6.45) is 6.58. The summed E-state index contributed by atoms with van der Waals surface area (Å²) in [5.74, 6) is 1.24. The third kappa shape index (κ3) is 2.53. The minimum Gasteiger partial charge on any atom is -0.397 e. The average molecular weight is 283 g/mol. The van der Waals surface area contributed by atoms with E-state index in [1.807, 2.05) is 0 Å². The fourth-order valence-electron chi connectivity index (χ4n) is 3.65. The van der Waals surface area contributed by atoms with Gasteiger partial charge in [0.25, 0.3) is 0 Å². The lowest BCUT2D eigenvalue weighted by Crippen LogP contribution is -2.42. The molecule has 4 heteroatoms. The number of fused-ring (bicyclic) bond motifs is 1. The predicted octanol–water partition coefficient (Wildman–Crippen LogP) is 4.08. The Kier molecular flexibility index (Phi) is 3.57. The molecular formula is C15H20ClFN2. The van der Waals surface area contributed by atoms with Gasteiger partial charge in [-0.1, -0.05) is 30.9 Å². The zero-order valence-corrected chi connectivity index (χ0v) is 11.8. The second-order valence-corrected chi connectivity index (χ2v) is 6.27. The first-order chi connectivity index (χ1) is 9.15. The smallest absolute Gasteiger partial charge is 0.144 e. The number of hydrogen-bond donors (Lipinski definition) is 1. The topological polar surface area (TPSA) is 29.3 Å². The largest absolute Gasteiger partial charge is 0.397 e. The Morgan fingerprint density at radius 1 is 1.16 bits per heavy atom. The molecule has 1 aliphatic carbocycles. The van der Waals surface area contributed by atoms with Gasteiger partial charge in [-0.05, 0) is 30.7 Å². The van der Waals surface area contributed by atoms with Crippen LogP contribution in [0.3, 0.4) is 0 Å². The van der Waals surface area contributed by atoms with Crippen LogP contribution in [0.5, 0.6) is 0 Å². The number of halogens is 2. The van der Waals surface area contributed by atoms with E-state index in [0.29, 0.717) is 5.69 Å². The fourth-order valence-corrected chi connectivity index (χ4v) is 3.82. The molecule has 2 unspecified atom stereocenters. The van der Waals surface area contributed by atoms with Crippen LogP contribution in [0.15, 0.2) is 12.1 Å². The van der Waals surface area contributed by atoms with Gasteiger partial charge in [-0.15, -0.1) is 0 Å². The second kappa shape index (κ2) is 5.20. The summed E-state index contributed by atoms with van der Waals surface area (Å²) in [4.78, 5) is 2.24. The van der Waals surface area contributed by atoms with Gasteiger partial charge in [0, 0.05) is 19.2 Å². The number of nitrogen functional groups attached to an aromatic ring is 1. The molecule has 2 nitrogen and oxygen atoms in total. The van der Waals surface area contributed by atoms with Gasteiger partial charge in [-0.25, -0.2) is 4.39 Å². The van der Waals surface area contributed by atoms with Crippen molar-refractivity contribution < 1.29 is 4.39 Å². The monoisotopic (exact) mass is 282 g/mol. The Balaban J connectivity index is 1.81. The standard InChI is InChI=1S/C15H20ClFN2/c16-12-7-14(18)15(8-13(12)17)19-6-5-10-3-1-2-4-11(10)9-19/h7-8,10-11H,1-6,9,18H2. The molecule has 3 rings (SSSR count). The van der Waals surface area contributed by atoms with Crippen LogP contribution in [-0.4, -0.2) is 13.1 Å². The van der Waals surface area contributed by atoms with Crippen molar-refractivity contribution in [3.05, 3.63) is 23.0 Å². The highest BCUT2D eigenvalue weighted by molar-refractivity contribution is 6.31. The van der Waals surface area contributed by atoms with E-state index in [4.69, 9.17) is 17.3 Å². The Bertz CT molecular complexity index is 477. The summed E-state index contributed by atoms with van der Waals surface area (Å²) in [5.41, 5.74) is 7.39. The van der Waals surface area contributed by atoms with E-state index in [0.717, 1.165) is 30.6 Å². The van der Waals surface area contributed by atoms with E-state index in [1.54, 1.807) is 0 Å². The summed E-state index contributed by atoms with van der Waals surface area (Å²) in [5, 5.41) is 0.105. The van der Waals surface area contributed by atoms with Crippen molar-refractivity contribution in [3.8, 4) is 0 Å². The molecule has 1 aromatic rings. The van der Waals surface area contributed by atoms with Gasteiger partial charge in [0.2, 0.25) is 0 Å². The van der Waals surface area contributed by atoms with Crippen molar-refractivity contribution in [1.82, 2.24) is 0 Å². The molecule has 19 heavy (non-hydrogen) atoms. The van der Waals surface area contributed by atoms with Crippen molar-refractivity contribution in [2.45, 2.75) is 32.1 Å². The van der Waals surface area contributed by atoms with E-state index in [9.17, 15) is 4.39 Å². The Labute approximate surface area is 118 Å². The van der Waals surface area contributed by atoms with Gasteiger partial charge >= 0.3 is 0 Å². The van der Waals surface area contributed by atoms with E-state index in [-0.39, 0.29) is 10.8 Å². The number of piperidine rings is 1. The van der Waals surface area contributed by atoms with E-state index in [2.05, 4.69) is 4.90 Å². The lowest BCUT2D eigenvalue weighted by Gasteiger charge is -2.42. The first-order valence-electron chi connectivity index (χ1n) is 7.14. The highest BCUT2D eigenvalue weighted by Crippen LogP contribution is 2.39. The molecule has 1 aromatic carbocycles. The van der Waals surface area contributed by atoms with Crippen molar-refractivity contribution in [2.24, 2.45) is 11.8 Å². The Morgan fingerprint density at radius 2 is 1.89 bits per heavy atom. The molecule has 1 saturated carbocycles. The molecule has 0 spiro atoms. The number of nitrogens with zero attached hydrogens (tertiary/aromatic N) is 1. The molecule has 0 amide bonds. The van der Waals surface area contributed by atoms with Gasteiger partial charge in [-0.2, -0.15) is 0 Å². The van der Waals surface area contributed by atoms with E-state index in [1.165, 1.54) is 44.2 Å². The van der Waals surface area contributed by atoms with Crippen LogP contribution in [0.25, 0.3) is 0 Å². The summed E-state index contributed by atoms with van der Waals surface area (Å²) in [6.45, 7) is 1.99. The normalized spacial score (nSPS) is 27.2. The van der Waals surface area contributed by atoms with Crippen molar-refractivity contribution >= 4 is 23.0 Å². The van der Waals surface area contributed by atoms with Crippen LogP contribution in [0.2, 0.25) is 5.02 Å². The van der Waals surface area contributed by atoms with E-state index < -0.39 is 0 Å². The van der Waals surface area contributed by atoms with Crippen molar-refractivity contribution in [3.63, 3.8) is 0 Å². The fraction of sp³-hybridized carbons (Fsp3) is 0.600. The molecule has 1 aliphatic heterocycles. The number of rotatable bonds is 1. The highest BCUT2D eigenvalue weighted by atomic mass is 35.5. The number of hydrogen-bond acceptors (Lipinski definition) is 2. The molecule has 2 fully saturated rings. The minimum absolute atomic E-state index is 0.105.